The predicted octanol–water partition coefficient (Wildman–Crippen LogP) is 4.59. The van der Waals surface area contributed by atoms with Gasteiger partial charge in [-0.2, -0.15) is 18.3 Å². The van der Waals surface area contributed by atoms with Gasteiger partial charge in [-0.25, -0.2) is 4.68 Å². The van der Waals surface area contributed by atoms with Crippen molar-refractivity contribution in [3.05, 3.63) is 35.9 Å². The third-order valence-electron chi connectivity index (χ3n) is 5.50. The average Bonchev–Trinajstić information content (AvgIpc) is 3.26. The van der Waals surface area contributed by atoms with E-state index in [0.717, 1.165) is 43.2 Å². The highest BCUT2D eigenvalue weighted by atomic mass is 19.4. The summed E-state index contributed by atoms with van der Waals surface area (Å²) in [5, 5.41) is 9.95. The minimum atomic E-state index is -4.48. The Hall–Kier alpha value is -2.45. The van der Waals surface area contributed by atoms with Crippen LogP contribution in [0, 0.1) is 0 Å². The molecule has 0 saturated heterocycles. The summed E-state index contributed by atoms with van der Waals surface area (Å²) >= 11 is 0. The third-order valence-corrected chi connectivity index (χ3v) is 5.50. The van der Waals surface area contributed by atoms with Crippen molar-refractivity contribution in [1.29, 1.82) is 0 Å². The van der Waals surface area contributed by atoms with Gasteiger partial charge in [-0.1, -0.05) is 25.7 Å². The maximum Gasteiger partial charge on any atom is 0.410 e. The molecule has 28 heavy (non-hydrogen) atoms. The molecular formula is C19H23F3N4O2. The highest BCUT2D eigenvalue weighted by Crippen LogP contribution is 2.43. The van der Waals surface area contributed by atoms with E-state index in [9.17, 15) is 18.0 Å². The molecule has 2 atom stereocenters. The lowest BCUT2D eigenvalue weighted by Crippen LogP contribution is -2.36. The van der Waals surface area contributed by atoms with Crippen molar-refractivity contribution in [1.82, 2.24) is 15.1 Å². The molecule has 1 amide bonds. The zero-order chi connectivity index (χ0) is 19.7. The first-order valence-electron chi connectivity index (χ1n) is 9.69. The highest BCUT2D eigenvalue weighted by molar-refractivity contribution is 5.93. The number of amides is 1. The lowest BCUT2D eigenvalue weighted by Gasteiger charge is -2.32. The lowest BCUT2D eigenvalue weighted by atomic mass is 10.0. The molecule has 1 fully saturated rings. The van der Waals surface area contributed by atoms with Gasteiger partial charge in [0.15, 0.2) is 11.7 Å². The van der Waals surface area contributed by atoms with Crippen molar-refractivity contribution in [3.63, 3.8) is 0 Å². The first kappa shape index (κ1) is 18.9. The second-order valence-electron chi connectivity index (χ2n) is 7.53. The van der Waals surface area contributed by atoms with Crippen LogP contribution < -0.4 is 10.6 Å². The number of furan rings is 1. The van der Waals surface area contributed by atoms with Gasteiger partial charge < -0.3 is 15.1 Å². The Morgan fingerprint density at radius 3 is 2.64 bits per heavy atom. The molecule has 2 N–H and O–H groups in total. The Morgan fingerprint density at radius 1 is 1.25 bits per heavy atom. The number of carbonyl (C=O) groups excluding carboxylic acids is 1. The second kappa shape index (κ2) is 7.52. The van der Waals surface area contributed by atoms with E-state index in [1.54, 1.807) is 12.1 Å². The van der Waals surface area contributed by atoms with Crippen LogP contribution in [0.3, 0.4) is 0 Å². The summed E-state index contributed by atoms with van der Waals surface area (Å²) in [6.07, 6.45) is 2.87. The van der Waals surface area contributed by atoms with Crippen LogP contribution in [0.5, 0.6) is 0 Å². The average molecular weight is 396 g/mol. The number of aromatic nitrogens is 2. The Balaban J connectivity index is 1.57. The molecule has 4 rings (SSSR count). The monoisotopic (exact) mass is 396 g/mol. The molecule has 6 nitrogen and oxygen atoms in total. The van der Waals surface area contributed by atoms with Gasteiger partial charge >= 0.3 is 6.18 Å². The molecule has 152 valence electrons. The number of anilines is 1. The van der Waals surface area contributed by atoms with E-state index in [1.165, 1.54) is 12.3 Å². The van der Waals surface area contributed by atoms with Crippen LogP contribution in [-0.4, -0.2) is 27.9 Å². The van der Waals surface area contributed by atoms with Crippen molar-refractivity contribution in [2.45, 2.75) is 69.2 Å². The first-order valence-corrected chi connectivity index (χ1v) is 9.69. The largest absolute Gasteiger partial charge is 0.467 e. The Labute approximate surface area is 160 Å². The van der Waals surface area contributed by atoms with Crippen molar-refractivity contribution in [2.24, 2.45) is 0 Å². The number of halogens is 3. The van der Waals surface area contributed by atoms with E-state index < -0.39 is 24.2 Å². The summed E-state index contributed by atoms with van der Waals surface area (Å²) in [7, 11) is 0. The van der Waals surface area contributed by atoms with Crippen molar-refractivity contribution < 1.29 is 22.4 Å². The van der Waals surface area contributed by atoms with Gasteiger partial charge in [0.05, 0.1) is 12.3 Å². The van der Waals surface area contributed by atoms with Gasteiger partial charge in [-0.05, 0) is 25.0 Å². The Morgan fingerprint density at radius 2 is 2.00 bits per heavy atom. The molecule has 2 aromatic heterocycles. The Kier molecular flexibility index (Phi) is 5.07. The summed E-state index contributed by atoms with van der Waals surface area (Å²) in [4.78, 5) is 12.6. The SMILES string of the molecule is O=C(NC1CCCCCC1)c1cc2n(n1)[C@@H](C(F)(F)F)C[C@@H](c1ccco1)N2. The minimum Gasteiger partial charge on any atom is -0.467 e. The van der Waals surface area contributed by atoms with E-state index in [0.29, 0.717) is 5.76 Å². The second-order valence-corrected chi connectivity index (χ2v) is 7.53. The molecule has 2 aromatic rings. The number of hydrogen-bond donors (Lipinski definition) is 2. The van der Waals surface area contributed by atoms with Crippen molar-refractivity contribution in [2.75, 3.05) is 5.32 Å². The predicted molar refractivity (Wildman–Crippen MR) is 96.0 cm³/mol. The summed E-state index contributed by atoms with van der Waals surface area (Å²) in [5.74, 6) is 0.165. The molecule has 9 heteroatoms. The van der Waals surface area contributed by atoms with E-state index in [4.69, 9.17) is 4.42 Å². The van der Waals surface area contributed by atoms with Crippen LogP contribution in [0.25, 0.3) is 0 Å². The standard InChI is InChI=1S/C19H23F3N4O2/c20-19(21,22)16-10-13(15-8-5-9-28-15)24-17-11-14(25-26(16)17)18(27)23-12-6-3-1-2-4-7-12/h5,8-9,11-13,16,24H,1-4,6-7,10H2,(H,23,27)/t13-,16+/m0/s1. The van der Waals surface area contributed by atoms with Crippen LogP contribution in [0.1, 0.15) is 73.3 Å². The fraction of sp³-hybridized carbons (Fsp3) is 0.579. The number of carbonyl (C=O) groups is 1. The van der Waals surface area contributed by atoms with Gasteiger partial charge in [0.2, 0.25) is 0 Å². The summed E-state index contributed by atoms with van der Waals surface area (Å²) in [6, 6.07) is 2.26. The molecule has 1 aliphatic heterocycles. The zero-order valence-electron chi connectivity index (χ0n) is 15.3. The van der Waals surface area contributed by atoms with Crippen LogP contribution in [0.2, 0.25) is 0 Å². The maximum absolute atomic E-state index is 13.6. The van der Waals surface area contributed by atoms with Gasteiger partial charge in [-0.15, -0.1) is 0 Å². The van der Waals surface area contributed by atoms with E-state index in [2.05, 4.69) is 15.7 Å². The summed E-state index contributed by atoms with van der Waals surface area (Å²) < 4.78 is 47.1. The summed E-state index contributed by atoms with van der Waals surface area (Å²) in [5.41, 5.74) is 0.00101. The van der Waals surface area contributed by atoms with Crippen LogP contribution in [-0.2, 0) is 0 Å². The van der Waals surface area contributed by atoms with E-state index in [-0.39, 0.29) is 24.0 Å². The molecule has 1 aliphatic carbocycles. The first-order chi connectivity index (χ1) is 13.4. The fourth-order valence-corrected chi connectivity index (χ4v) is 4.04. The molecule has 0 spiro atoms. The van der Waals surface area contributed by atoms with E-state index in [1.807, 2.05) is 0 Å². The van der Waals surface area contributed by atoms with Crippen LogP contribution in [0.4, 0.5) is 19.0 Å². The number of nitrogens with zero attached hydrogens (tertiary/aromatic N) is 2. The van der Waals surface area contributed by atoms with E-state index >= 15 is 0 Å². The van der Waals surface area contributed by atoms with Gasteiger partial charge in [0.25, 0.3) is 5.91 Å². The molecule has 0 bridgehead atoms. The van der Waals surface area contributed by atoms with Crippen molar-refractivity contribution in [3.8, 4) is 0 Å². The molecule has 2 aliphatic rings. The summed E-state index contributed by atoms with van der Waals surface area (Å²) in [6.45, 7) is 0. The fourth-order valence-electron chi connectivity index (χ4n) is 4.04. The number of hydrogen-bond acceptors (Lipinski definition) is 4. The number of rotatable bonds is 3. The molecular weight excluding hydrogens is 373 g/mol. The molecule has 0 radical (unpaired) electrons. The smallest absolute Gasteiger partial charge is 0.410 e. The Bertz CT molecular complexity index is 808. The third kappa shape index (κ3) is 3.88. The quantitative estimate of drug-likeness (QED) is 0.745. The van der Waals surface area contributed by atoms with Gasteiger partial charge in [0.1, 0.15) is 11.6 Å². The molecule has 0 unspecified atom stereocenters. The lowest BCUT2D eigenvalue weighted by molar-refractivity contribution is -0.174. The van der Waals surface area contributed by atoms with Crippen molar-refractivity contribution >= 4 is 11.7 Å². The van der Waals surface area contributed by atoms with Gasteiger partial charge in [0, 0.05) is 18.5 Å². The molecule has 3 heterocycles. The zero-order valence-corrected chi connectivity index (χ0v) is 15.3. The number of alkyl halides is 3. The molecule has 0 aromatic carbocycles. The number of fused-ring (bicyclic) bond motifs is 1. The van der Waals surface area contributed by atoms with Crippen LogP contribution in [0.15, 0.2) is 28.9 Å². The van der Waals surface area contributed by atoms with Crippen LogP contribution >= 0.6 is 0 Å². The maximum atomic E-state index is 13.6. The number of nitrogens with one attached hydrogen (secondary N) is 2. The highest BCUT2D eigenvalue weighted by Gasteiger charge is 2.47. The normalized spacial score (nSPS) is 23.5. The minimum absolute atomic E-state index is 0.00101. The molecule has 1 saturated carbocycles. The van der Waals surface area contributed by atoms with Gasteiger partial charge in [-0.3, -0.25) is 4.79 Å². The topological polar surface area (TPSA) is 72.1 Å².